The van der Waals surface area contributed by atoms with Gasteiger partial charge in [-0.3, -0.25) is 0 Å². The van der Waals surface area contributed by atoms with Crippen molar-refractivity contribution in [3.05, 3.63) is 0 Å². The van der Waals surface area contributed by atoms with Crippen LogP contribution in [0.1, 0.15) is 27.7 Å². The molecule has 0 radical (unpaired) electrons. The van der Waals surface area contributed by atoms with Crippen LogP contribution in [0.3, 0.4) is 0 Å². The minimum atomic E-state index is -0.188. The Balaban J connectivity index is 3.53. The zero-order chi connectivity index (χ0) is 9.56. The lowest BCUT2D eigenvalue weighted by Crippen LogP contribution is -2.28. The number of aliphatic hydroxyl groups is 1. The summed E-state index contributed by atoms with van der Waals surface area (Å²) in [6.45, 7) is 8.29. The SMILES string of the molecule is CC(C)OCC(CO)OC(C)C. The molecule has 1 atom stereocenters. The summed E-state index contributed by atoms with van der Waals surface area (Å²) in [6, 6.07) is 0. The van der Waals surface area contributed by atoms with E-state index in [9.17, 15) is 0 Å². The van der Waals surface area contributed by atoms with Crippen LogP contribution in [0.2, 0.25) is 0 Å². The minimum absolute atomic E-state index is 0.0188. The molecule has 0 aliphatic heterocycles. The lowest BCUT2D eigenvalue weighted by molar-refractivity contribution is -0.0781. The van der Waals surface area contributed by atoms with Gasteiger partial charge in [-0.1, -0.05) is 0 Å². The van der Waals surface area contributed by atoms with E-state index >= 15 is 0 Å². The second kappa shape index (κ2) is 6.40. The third kappa shape index (κ3) is 6.58. The molecule has 0 heterocycles. The molecule has 0 aromatic rings. The van der Waals surface area contributed by atoms with Crippen LogP contribution in [0.15, 0.2) is 0 Å². The standard InChI is InChI=1S/C9H20O3/c1-7(2)11-6-9(5-10)12-8(3)4/h7-10H,5-6H2,1-4H3. The van der Waals surface area contributed by atoms with E-state index in [-0.39, 0.29) is 24.9 Å². The van der Waals surface area contributed by atoms with Gasteiger partial charge in [0.15, 0.2) is 0 Å². The Morgan fingerprint density at radius 1 is 1.08 bits per heavy atom. The van der Waals surface area contributed by atoms with Gasteiger partial charge in [0.05, 0.1) is 25.4 Å². The molecule has 1 N–H and O–H groups in total. The molecule has 0 aliphatic rings. The van der Waals surface area contributed by atoms with Crippen LogP contribution in [0.4, 0.5) is 0 Å². The molecule has 1 unspecified atom stereocenters. The molecule has 3 heteroatoms. The van der Waals surface area contributed by atoms with Crippen LogP contribution < -0.4 is 0 Å². The van der Waals surface area contributed by atoms with Gasteiger partial charge in [-0.25, -0.2) is 0 Å². The van der Waals surface area contributed by atoms with Crippen molar-refractivity contribution in [3.63, 3.8) is 0 Å². The van der Waals surface area contributed by atoms with Crippen LogP contribution in [0, 0.1) is 0 Å². The molecule has 3 nitrogen and oxygen atoms in total. The molecule has 0 rings (SSSR count). The molecular formula is C9H20O3. The summed E-state index contributed by atoms with van der Waals surface area (Å²) in [4.78, 5) is 0. The Morgan fingerprint density at radius 3 is 2.00 bits per heavy atom. The lowest BCUT2D eigenvalue weighted by Gasteiger charge is -2.19. The van der Waals surface area contributed by atoms with Crippen LogP contribution in [0.25, 0.3) is 0 Å². The summed E-state index contributed by atoms with van der Waals surface area (Å²) in [5, 5.41) is 8.88. The maximum absolute atomic E-state index is 8.88. The van der Waals surface area contributed by atoms with Crippen molar-refractivity contribution in [2.45, 2.75) is 46.0 Å². The molecule has 12 heavy (non-hydrogen) atoms. The van der Waals surface area contributed by atoms with E-state index in [0.717, 1.165) is 0 Å². The van der Waals surface area contributed by atoms with Crippen molar-refractivity contribution in [1.82, 2.24) is 0 Å². The van der Waals surface area contributed by atoms with Crippen molar-refractivity contribution in [1.29, 1.82) is 0 Å². The van der Waals surface area contributed by atoms with Gasteiger partial charge in [0.2, 0.25) is 0 Å². The number of ether oxygens (including phenoxy) is 2. The van der Waals surface area contributed by atoms with E-state index in [4.69, 9.17) is 14.6 Å². The normalized spacial score (nSPS) is 14.2. The summed E-state index contributed by atoms with van der Waals surface area (Å²) in [5.74, 6) is 0. The predicted molar refractivity (Wildman–Crippen MR) is 48.2 cm³/mol. The molecule has 0 fully saturated rings. The van der Waals surface area contributed by atoms with Crippen molar-refractivity contribution < 1.29 is 14.6 Å². The van der Waals surface area contributed by atoms with E-state index < -0.39 is 0 Å². The zero-order valence-electron chi connectivity index (χ0n) is 8.41. The summed E-state index contributed by atoms with van der Waals surface area (Å²) in [6.07, 6.45) is 0.139. The molecule has 0 bridgehead atoms. The Hall–Kier alpha value is -0.120. The van der Waals surface area contributed by atoms with E-state index in [1.54, 1.807) is 0 Å². The first-order valence-electron chi connectivity index (χ1n) is 4.44. The Morgan fingerprint density at radius 2 is 1.67 bits per heavy atom. The molecule has 0 aromatic carbocycles. The van der Waals surface area contributed by atoms with Crippen LogP contribution in [-0.2, 0) is 9.47 Å². The monoisotopic (exact) mass is 176 g/mol. The number of rotatable bonds is 6. The molecule has 0 saturated heterocycles. The fourth-order valence-corrected chi connectivity index (χ4v) is 0.820. The van der Waals surface area contributed by atoms with Gasteiger partial charge in [0.1, 0.15) is 6.10 Å². The smallest absolute Gasteiger partial charge is 0.104 e. The minimum Gasteiger partial charge on any atom is -0.394 e. The maximum atomic E-state index is 8.88. The molecular weight excluding hydrogens is 156 g/mol. The van der Waals surface area contributed by atoms with E-state index in [1.165, 1.54) is 0 Å². The molecule has 0 amide bonds. The molecule has 0 spiro atoms. The van der Waals surface area contributed by atoms with Crippen molar-refractivity contribution in [2.24, 2.45) is 0 Å². The largest absolute Gasteiger partial charge is 0.394 e. The average Bonchev–Trinajstić information content (AvgIpc) is 1.97. The van der Waals surface area contributed by atoms with Crippen molar-refractivity contribution in [3.8, 4) is 0 Å². The first-order chi connectivity index (χ1) is 5.56. The molecule has 0 saturated carbocycles. The van der Waals surface area contributed by atoms with Gasteiger partial charge >= 0.3 is 0 Å². The fraction of sp³-hybridized carbons (Fsp3) is 1.00. The number of hydrogen-bond acceptors (Lipinski definition) is 3. The summed E-state index contributed by atoms with van der Waals surface area (Å²) < 4.78 is 10.7. The first kappa shape index (κ1) is 11.9. The Kier molecular flexibility index (Phi) is 6.34. The van der Waals surface area contributed by atoms with Crippen molar-refractivity contribution >= 4 is 0 Å². The third-order valence-corrected chi connectivity index (χ3v) is 1.28. The Labute approximate surface area is 74.7 Å². The van der Waals surface area contributed by atoms with Gasteiger partial charge in [-0.05, 0) is 27.7 Å². The van der Waals surface area contributed by atoms with Crippen molar-refractivity contribution in [2.75, 3.05) is 13.2 Å². The summed E-state index contributed by atoms with van der Waals surface area (Å²) >= 11 is 0. The average molecular weight is 176 g/mol. The number of aliphatic hydroxyl groups excluding tert-OH is 1. The van der Waals surface area contributed by atoms with E-state index in [1.807, 2.05) is 27.7 Å². The van der Waals surface area contributed by atoms with Crippen LogP contribution >= 0.6 is 0 Å². The van der Waals surface area contributed by atoms with Gasteiger partial charge in [0.25, 0.3) is 0 Å². The molecule has 0 aliphatic carbocycles. The second-order valence-corrected chi connectivity index (χ2v) is 3.37. The van der Waals surface area contributed by atoms with E-state index in [0.29, 0.717) is 6.61 Å². The van der Waals surface area contributed by atoms with Gasteiger partial charge in [-0.15, -0.1) is 0 Å². The van der Waals surface area contributed by atoms with E-state index in [2.05, 4.69) is 0 Å². The highest BCUT2D eigenvalue weighted by atomic mass is 16.5. The number of hydrogen-bond donors (Lipinski definition) is 1. The second-order valence-electron chi connectivity index (χ2n) is 3.37. The van der Waals surface area contributed by atoms with Crippen LogP contribution in [0.5, 0.6) is 0 Å². The van der Waals surface area contributed by atoms with Crippen LogP contribution in [-0.4, -0.2) is 36.6 Å². The maximum Gasteiger partial charge on any atom is 0.104 e. The fourth-order valence-electron chi connectivity index (χ4n) is 0.820. The molecule has 74 valence electrons. The highest BCUT2D eigenvalue weighted by molar-refractivity contribution is 4.56. The quantitative estimate of drug-likeness (QED) is 0.661. The molecule has 0 aromatic heterocycles. The first-order valence-corrected chi connectivity index (χ1v) is 4.44. The topological polar surface area (TPSA) is 38.7 Å². The van der Waals surface area contributed by atoms with Gasteiger partial charge in [-0.2, -0.15) is 0 Å². The third-order valence-electron chi connectivity index (χ3n) is 1.28. The lowest BCUT2D eigenvalue weighted by atomic mass is 10.3. The highest BCUT2D eigenvalue weighted by Gasteiger charge is 2.10. The van der Waals surface area contributed by atoms with Gasteiger partial charge in [0, 0.05) is 0 Å². The zero-order valence-corrected chi connectivity index (χ0v) is 8.41. The Bertz CT molecular complexity index is 102. The summed E-state index contributed by atoms with van der Waals surface area (Å²) in [7, 11) is 0. The summed E-state index contributed by atoms with van der Waals surface area (Å²) in [5.41, 5.74) is 0. The van der Waals surface area contributed by atoms with Gasteiger partial charge < -0.3 is 14.6 Å². The highest BCUT2D eigenvalue weighted by Crippen LogP contribution is 1.99. The predicted octanol–water partition coefficient (Wildman–Crippen LogP) is 1.20.